The van der Waals surface area contributed by atoms with E-state index in [2.05, 4.69) is 26.0 Å². The minimum Gasteiger partial charge on any atom is -0.353 e. The number of allylic oxidation sites excluding steroid dienone is 2. The fraction of sp³-hybridized carbons (Fsp3) is 0.931. The van der Waals surface area contributed by atoms with Gasteiger partial charge in [0.05, 0.1) is 0 Å². The van der Waals surface area contributed by atoms with Crippen molar-refractivity contribution in [1.82, 2.24) is 0 Å². The van der Waals surface area contributed by atoms with E-state index < -0.39 is 0 Å². The van der Waals surface area contributed by atoms with Crippen LogP contribution in [-0.2, 0) is 9.47 Å². The molecule has 0 heterocycles. The lowest BCUT2D eigenvalue weighted by molar-refractivity contribution is -0.148. The molecule has 0 aliphatic rings. The predicted octanol–water partition coefficient (Wildman–Crippen LogP) is 10.4. The Balaban J connectivity index is 3.89. The third kappa shape index (κ3) is 26.2. The molecular weight excluding hydrogens is 416 g/mol. The van der Waals surface area contributed by atoms with E-state index >= 15 is 0 Å². The summed E-state index contributed by atoms with van der Waals surface area (Å²) < 4.78 is 12.3. The van der Waals surface area contributed by atoms with Crippen LogP contribution in [0.3, 0.4) is 0 Å². The number of unbranched alkanes of at least 4 members (excludes halogenated alkanes) is 16. The molecule has 0 amide bonds. The van der Waals surface area contributed by atoms with Gasteiger partial charge in [-0.1, -0.05) is 109 Å². The Labute approximate surface area is 207 Å². The molecule has 0 unspecified atom stereocenters. The van der Waals surface area contributed by atoms with Gasteiger partial charge in [0.1, 0.15) is 0 Å². The summed E-state index contributed by atoms with van der Waals surface area (Å²) in [5.41, 5.74) is 0. The van der Waals surface area contributed by atoms with Gasteiger partial charge in [0, 0.05) is 19.1 Å². The lowest BCUT2D eigenvalue weighted by atomic mass is 10.1. The number of ether oxygens (including phenoxy) is 2. The third-order valence-electron chi connectivity index (χ3n) is 6.08. The zero-order valence-electron chi connectivity index (χ0n) is 21.9. The summed E-state index contributed by atoms with van der Waals surface area (Å²) in [6.07, 6.45) is 31.4. The van der Waals surface area contributed by atoms with Crippen molar-refractivity contribution in [3.05, 3.63) is 12.2 Å². The van der Waals surface area contributed by atoms with Crippen LogP contribution in [0.15, 0.2) is 12.2 Å². The van der Waals surface area contributed by atoms with Gasteiger partial charge in [-0.25, -0.2) is 0 Å². The number of alkyl halides is 1. The second kappa shape index (κ2) is 29.0. The van der Waals surface area contributed by atoms with E-state index in [0.29, 0.717) is 0 Å². The maximum Gasteiger partial charge on any atom is 0.157 e. The van der Waals surface area contributed by atoms with Gasteiger partial charge in [-0.2, -0.15) is 0 Å². The standard InChI is InChI=1S/C29H57ClO2/c1-3-5-7-9-15-19-23-27-31-29(32-28-24-20-16-10-8-6-4-2)25-21-17-13-11-12-14-18-22-26-30/h12,14,29H,3-11,13,15-28H2,1-2H3/b14-12-. The molecule has 0 aromatic rings. The second-order valence-electron chi connectivity index (χ2n) is 9.35. The molecule has 0 radical (unpaired) electrons. The Kier molecular flexibility index (Phi) is 28.9. The second-order valence-corrected chi connectivity index (χ2v) is 9.73. The molecule has 0 aliphatic heterocycles. The van der Waals surface area contributed by atoms with Crippen molar-refractivity contribution < 1.29 is 9.47 Å². The molecule has 0 atom stereocenters. The van der Waals surface area contributed by atoms with Crippen LogP contribution < -0.4 is 0 Å². The highest BCUT2D eigenvalue weighted by Gasteiger charge is 2.09. The fourth-order valence-corrected chi connectivity index (χ4v) is 4.10. The molecular formula is C29H57ClO2. The first-order valence-corrected chi connectivity index (χ1v) is 14.8. The molecule has 0 aromatic heterocycles. The Bertz CT molecular complexity index is 339. The smallest absolute Gasteiger partial charge is 0.157 e. The Morgan fingerprint density at radius 3 is 1.47 bits per heavy atom. The van der Waals surface area contributed by atoms with Gasteiger partial charge >= 0.3 is 0 Å². The Hall–Kier alpha value is -0.0500. The fourth-order valence-electron chi connectivity index (χ4n) is 3.94. The molecule has 0 saturated heterocycles. The summed E-state index contributed by atoms with van der Waals surface area (Å²) in [6, 6.07) is 0. The first kappa shape index (κ1) is 31.9. The largest absolute Gasteiger partial charge is 0.353 e. The van der Waals surface area contributed by atoms with Crippen LogP contribution in [0.4, 0.5) is 0 Å². The molecule has 0 fully saturated rings. The van der Waals surface area contributed by atoms with E-state index in [9.17, 15) is 0 Å². The molecule has 192 valence electrons. The average molecular weight is 473 g/mol. The number of hydrogen-bond acceptors (Lipinski definition) is 2. The van der Waals surface area contributed by atoms with Gasteiger partial charge in [0.25, 0.3) is 0 Å². The highest BCUT2D eigenvalue weighted by molar-refractivity contribution is 6.17. The number of halogens is 1. The van der Waals surface area contributed by atoms with E-state index in [-0.39, 0.29) is 6.29 Å². The summed E-state index contributed by atoms with van der Waals surface area (Å²) in [7, 11) is 0. The first-order chi connectivity index (χ1) is 15.8. The van der Waals surface area contributed by atoms with Gasteiger partial charge in [-0.3, -0.25) is 0 Å². The highest BCUT2D eigenvalue weighted by Crippen LogP contribution is 2.14. The quantitative estimate of drug-likeness (QED) is 0.0512. The molecule has 32 heavy (non-hydrogen) atoms. The molecule has 0 rings (SSSR count). The SMILES string of the molecule is CCCCCCCCCOC(CCCCC/C=C\CCCCl)OCCCCCCCCC. The van der Waals surface area contributed by atoms with Gasteiger partial charge in [0.2, 0.25) is 0 Å². The van der Waals surface area contributed by atoms with Gasteiger partial charge in [-0.05, 0) is 51.4 Å². The van der Waals surface area contributed by atoms with Crippen LogP contribution in [0.5, 0.6) is 0 Å². The zero-order chi connectivity index (χ0) is 23.4. The topological polar surface area (TPSA) is 18.5 Å². The molecule has 0 aliphatic carbocycles. The minimum absolute atomic E-state index is 0.00875. The molecule has 0 spiro atoms. The van der Waals surface area contributed by atoms with Crippen LogP contribution in [0, 0.1) is 0 Å². The van der Waals surface area contributed by atoms with Crippen molar-refractivity contribution in [2.45, 2.75) is 155 Å². The molecule has 0 aromatic carbocycles. The number of rotatable bonds is 27. The van der Waals surface area contributed by atoms with Gasteiger partial charge in [-0.15, -0.1) is 11.6 Å². The summed E-state index contributed by atoms with van der Waals surface area (Å²) in [4.78, 5) is 0. The molecule has 0 bridgehead atoms. The average Bonchev–Trinajstić information content (AvgIpc) is 2.80. The van der Waals surface area contributed by atoms with Crippen molar-refractivity contribution >= 4 is 11.6 Å². The minimum atomic E-state index is 0.00875. The molecule has 3 heteroatoms. The summed E-state index contributed by atoms with van der Waals surface area (Å²) in [5.74, 6) is 0.767. The van der Waals surface area contributed by atoms with Gasteiger partial charge in [0.15, 0.2) is 6.29 Å². The van der Waals surface area contributed by atoms with E-state index in [0.717, 1.165) is 38.4 Å². The zero-order valence-corrected chi connectivity index (χ0v) is 22.7. The third-order valence-corrected chi connectivity index (χ3v) is 6.35. The highest BCUT2D eigenvalue weighted by atomic mass is 35.5. The van der Waals surface area contributed by atoms with E-state index in [4.69, 9.17) is 21.1 Å². The summed E-state index contributed by atoms with van der Waals surface area (Å²) in [5, 5.41) is 0. The van der Waals surface area contributed by atoms with Crippen molar-refractivity contribution in [2.24, 2.45) is 0 Å². The van der Waals surface area contributed by atoms with Crippen molar-refractivity contribution in [3.63, 3.8) is 0 Å². The van der Waals surface area contributed by atoms with E-state index in [1.807, 2.05) is 0 Å². The molecule has 2 nitrogen and oxygen atoms in total. The lowest BCUT2D eigenvalue weighted by Gasteiger charge is -2.19. The van der Waals surface area contributed by atoms with E-state index in [1.54, 1.807) is 0 Å². The monoisotopic (exact) mass is 472 g/mol. The van der Waals surface area contributed by atoms with Crippen LogP contribution in [0.1, 0.15) is 149 Å². The molecule has 0 N–H and O–H groups in total. The predicted molar refractivity (Wildman–Crippen MR) is 144 cm³/mol. The Morgan fingerprint density at radius 2 is 0.969 bits per heavy atom. The first-order valence-electron chi connectivity index (χ1n) is 14.3. The molecule has 0 saturated carbocycles. The van der Waals surface area contributed by atoms with Crippen molar-refractivity contribution in [3.8, 4) is 0 Å². The van der Waals surface area contributed by atoms with Crippen LogP contribution in [0.2, 0.25) is 0 Å². The van der Waals surface area contributed by atoms with Crippen LogP contribution in [0.25, 0.3) is 0 Å². The lowest BCUT2D eigenvalue weighted by Crippen LogP contribution is -2.19. The van der Waals surface area contributed by atoms with Crippen molar-refractivity contribution in [1.29, 1.82) is 0 Å². The maximum absolute atomic E-state index is 6.15. The number of hydrogen-bond donors (Lipinski definition) is 0. The van der Waals surface area contributed by atoms with Gasteiger partial charge < -0.3 is 9.47 Å². The van der Waals surface area contributed by atoms with Crippen LogP contribution in [-0.4, -0.2) is 25.4 Å². The normalized spacial score (nSPS) is 11.9. The van der Waals surface area contributed by atoms with Crippen molar-refractivity contribution in [2.75, 3.05) is 19.1 Å². The summed E-state index contributed by atoms with van der Waals surface area (Å²) >= 11 is 5.71. The Morgan fingerprint density at radius 1 is 0.531 bits per heavy atom. The van der Waals surface area contributed by atoms with E-state index in [1.165, 1.54) is 116 Å². The van der Waals surface area contributed by atoms with Crippen LogP contribution >= 0.6 is 11.6 Å². The maximum atomic E-state index is 6.15. The summed E-state index contributed by atoms with van der Waals surface area (Å²) in [6.45, 7) is 6.28.